The third-order valence-electron chi connectivity index (χ3n) is 9.41. The molecule has 0 aromatic heterocycles. The molecule has 6 atom stereocenters. The van der Waals surface area contributed by atoms with E-state index in [9.17, 15) is 14.4 Å². The second kappa shape index (κ2) is 28.5. The number of rotatable bonds is 7. The van der Waals surface area contributed by atoms with Gasteiger partial charge in [-0.05, 0) is 171 Å². The predicted molar refractivity (Wildman–Crippen MR) is 237 cm³/mol. The van der Waals surface area contributed by atoms with Crippen molar-refractivity contribution < 1.29 is 58.4 Å². The van der Waals surface area contributed by atoms with Gasteiger partial charge in [-0.1, -0.05) is 62.4 Å². The summed E-state index contributed by atoms with van der Waals surface area (Å²) in [7, 11) is 2.71. The van der Waals surface area contributed by atoms with Gasteiger partial charge in [0.1, 0.15) is 0 Å². The average molecular weight is 931 g/mol. The van der Waals surface area contributed by atoms with Crippen molar-refractivity contribution in [3.05, 3.63) is 116 Å². The number of aliphatic hydroxyl groups is 1. The SMILES string of the molecule is C#Cc1ccc(C(=O)OC)cc1.CC[C@@H]1C[C@H]1C#CC#Cc1ccc(C(=O)OC)cc1.CC[C@@H]1C[C@H]1C=C(Br)Br.O=C(O)c1ccc(C#CC#C[C@@H]2C[C@H]2CO)cc1.[Li+].[OH-]. The summed E-state index contributed by atoms with van der Waals surface area (Å²) in [4.78, 5) is 32.8. The molecule has 3 saturated carbocycles. The van der Waals surface area contributed by atoms with Gasteiger partial charge in [0.05, 0.1) is 34.3 Å². The van der Waals surface area contributed by atoms with Crippen LogP contribution in [0, 0.1) is 95.2 Å². The normalized spacial score (nSPS) is 18.7. The van der Waals surface area contributed by atoms with Crippen molar-refractivity contribution in [1.82, 2.24) is 0 Å². The summed E-state index contributed by atoms with van der Waals surface area (Å²) in [5, 5.41) is 17.6. The smallest absolute Gasteiger partial charge is 0.870 e. The number of carboxylic acid groups (broad SMARTS) is 1. The maximum absolute atomic E-state index is 11.2. The number of ether oxygens (including phenoxy) is 2. The molecular weight excluding hydrogens is 883 g/mol. The maximum Gasteiger partial charge on any atom is 1.00 e. The van der Waals surface area contributed by atoms with Crippen molar-refractivity contribution in [3.63, 3.8) is 0 Å². The van der Waals surface area contributed by atoms with Crippen LogP contribution in [0.5, 0.6) is 0 Å². The van der Waals surface area contributed by atoms with Crippen molar-refractivity contribution in [2.75, 3.05) is 20.8 Å². The van der Waals surface area contributed by atoms with Crippen LogP contribution in [0.15, 0.2) is 82.3 Å². The Labute approximate surface area is 383 Å². The molecule has 3 aliphatic carbocycles. The molecule has 0 bridgehead atoms. The Morgan fingerprint density at radius 1 is 0.683 bits per heavy atom. The van der Waals surface area contributed by atoms with E-state index in [2.05, 4.69) is 115 Å². The topological polar surface area (TPSA) is 140 Å². The summed E-state index contributed by atoms with van der Waals surface area (Å²) < 4.78 is 10.3. The first-order valence-corrected chi connectivity index (χ1v) is 20.4. The van der Waals surface area contributed by atoms with Crippen LogP contribution in [-0.2, 0) is 9.47 Å². The standard InChI is InChI=1S/C17H16O2.C15H12O3.C10H8O2.C7H10Br2.Li.H2O/c1-3-14-12-16(14)7-5-4-6-13-8-10-15(11-9-13)17(18)19-2;16-10-14-9-13(14)4-2-1-3-11-5-7-12(8-6-11)15(17)18;1-3-8-4-6-9(7-5-8)10(11)12-2;1-2-5-3-6(5)4-7(8)9;;/h8-11,14,16H,3,12H2,1-2H3;5-8,13-14,16H,9-10H2,(H,17,18);1,4-7H,2H3;4-6H,2-3H2,1H3;;1H2/q;;;;+1;/p-1/t14-,16-;13-,14+;;5-,6+;;/m11.1../s1. The van der Waals surface area contributed by atoms with E-state index < -0.39 is 5.97 Å². The van der Waals surface area contributed by atoms with Gasteiger partial charge in [-0.2, -0.15) is 0 Å². The third kappa shape index (κ3) is 19.9. The van der Waals surface area contributed by atoms with E-state index in [-0.39, 0.29) is 48.4 Å². The summed E-state index contributed by atoms with van der Waals surface area (Å²) in [6.45, 7) is 4.64. The number of allylic oxidation sites excluding steroid dienone is 1. The van der Waals surface area contributed by atoms with Gasteiger partial charge in [-0.15, -0.1) is 6.42 Å². The summed E-state index contributed by atoms with van der Waals surface area (Å²) in [5.41, 5.74) is 3.63. The first-order valence-electron chi connectivity index (χ1n) is 18.8. The molecule has 0 saturated heterocycles. The van der Waals surface area contributed by atoms with Gasteiger partial charge < -0.3 is 25.2 Å². The van der Waals surface area contributed by atoms with Gasteiger partial charge in [0.25, 0.3) is 0 Å². The molecule has 0 spiro atoms. The Morgan fingerprint density at radius 2 is 1.10 bits per heavy atom. The molecule has 3 aromatic rings. The number of benzene rings is 3. The van der Waals surface area contributed by atoms with E-state index in [4.69, 9.17) is 16.6 Å². The second-order valence-corrected chi connectivity index (χ2v) is 16.3. The molecule has 60 heavy (non-hydrogen) atoms. The summed E-state index contributed by atoms with van der Waals surface area (Å²) >= 11 is 6.70. The van der Waals surface area contributed by atoms with Crippen molar-refractivity contribution in [2.45, 2.75) is 46.0 Å². The molecule has 3 aliphatic rings. The van der Waals surface area contributed by atoms with Crippen LogP contribution in [-0.4, -0.2) is 54.4 Å². The number of hydrogen-bond acceptors (Lipinski definition) is 7. The molecule has 3 N–H and O–H groups in total. The van der Waals surface area contributed by atoms with Crippen LogP contribution in [0.2, 0.25) is 0 Å². The van der Waals surface area contributed by atoms with Crippen LogP contribution in [0.25, 0.3) is 0 Å². The number of aliphatic hydroxyl groups excluding tert-OH is 1. The van der Waals surface area contributed by atoms with Gasteiger partial charge in [-0.25, -0.2) is 14.4 Å². The van der Waals surface area contributed by atoms with E-state index in [1.807, 2.05) is 0 Å². The minimum atomic E-state index is -0.946. The second-order valence-electron chi connectivity index (χ2n) is 13.5. The molecule has 306 valence electrons. The Bertz CT molecular complexity index is 2190. The molecule has 0 unspecified atom stereocenters. The van der Waals surface area contributed by atoms with Crippen LogP contribution < -0.4 is 18.9 Å². The molecular formula is C49H47Br2LiO8. The number of esters is 2. The van der Waals surface area contributed by atoms with E-state index in [0.29, 0.717) is 28.9 Å². The largest absolute Gasteiger partial charge is 1.00 e. The van der Waals surface area contributed by atoms with E-state index >= 15 is 0 Å². The fraction of sp³-hybridized carbons (Fsp3) is 0.327. The molecule has 3 aromatic carbocycles. The number of carbonyl (C=O) groups excluding carboxylic acids is 2. The van der Waals surface area contributed by atoms with Gasteiger partial charge in [0.15, 0.2) is 0 Å². The van der Waals surface area contributed by atoms with Crippen LogP contribution in [0.1, 0.15) is 93.7 Å². The first kappa shape index (κ1) is 53.1. The fourth-order valence-corrected chi connectivity index (χ4v) is 6.08. The Hall–Kier alpha value is -4.91. The zero-order chi connectivity index (χ0) is 42.5. The fourth-order valence-electron chi connectivity index (χ4n) is 5.40. The quantitative estimate of drug-likeness (QED) is 0.163. The average Bonchev–Trinajstić information content (AvgIpc) is 4.18. The van der Waals surface area contributed by atoms with Crippen LogP contribution in [0.3, 0.4) is 0 Å². The van der Waals surface area contributed by atoms with Crippen molar-refractivity contribution in [2.24, 2.45) is 35.5 Å². The zero-order valence-electron chi connectivity index (χ0n) is 34.4. The van der Waals surface area contributed by atoms with Crippen molar-refractivity contribution >= 4 is 49.8 Å². The number of terminal acetylenes is 1. The van der Waals surface area contributed by atoms with Crippen LogP contribution in [0.4, 0.5) is 0 Å². The molecule has 0 aliphatic heterocycles. The number of carbonyl (C=O) groups is 3. The molecule has 0 radical (unpaired) electrons. The first-order chi connectivity index (χ1) is 28.0. The monoisotopic (exact) mass is 928 g/mol. The summed E-state index contributed by atoms with van der Waals surface area (Å²) in [5.74, 6) is 27.8. The summed E-state index contributed by atoms with van der Waals surface area (Å²) in [6.07, 6.45) is 13.5. The van der Waals surface area contributed by atoms with Crippen LogP contribution >= 0.6 is 31.9 Å². The molecule has 0 heterocycles. The predicted octanol–water partition coefficient (Wildman–Crippen LogP) is 6.19. The Balaban J connectivity index is 0.000000410. The van der Waals surface area contributed by atoms with Gasteiger partial charge >= 0.3 is 36.8 Å². The molecule has 8 nitrogen and oxygen atoms in total. The van der Waals surface area contributed by atoms with Gasteiger partial charge in [0.2, 0.25) is 0 Å². The van der Waals surface area contributed by atoms with Crippen molar-refractivity contribution in [3.8, 4) is 59.7 Å². The minimum Gasteiger partial charge on any atom is -0.870 e. The van der Waals surface area contributed by atoms with E-state index in [1.54, 1.807) is 60.7 Å². The number of halogens is 2. The number of carboxylic acids is 1. The third-order valence-corrected chi connectivity index (χ3v) is 9.94. The number of aromatic carboxylic acids is 1. The molecule has 0 amide bonds. The van der Waals surface area contributed by atoms with Gasteiger partial charge in [-0.3, -0.25) is 0 Å². The van der Waals surface area contributed by atoms with E-state index in [0.717, 1.165) is 44.3 Å². The van der Waals surface area contributed by atoms with Gasteiger partial charge in [0, 0.05) is 35.1 Å². The Kier molecular flexibility index (Phi) is 25.3. The van der Waals surface area contributed by atoms with E-state index in [1.165, 1.54) is 52.0 Å². The molecule has 3 fully saturated rings. The summed E-state index contributed by atoms with van der Waals surface area (Å²) in [6, 6.07) is 20.0. The minimum absolute atomic E-state index is 0. The Morgan fingerprint density at radius 3 is 1.43 bits per heavy atom. The number of methoxy groups -OCH3 is 2. The zero-order valence-corrected chi connectivity index (χ0v) is 37.6. The number of hydrogen-bond donors (Lipinski definition) is 2. The molecule has 11 heteroatoms. The van der Waals surface area contributed by atoms with Crippen molar-refractivity contribution in [1.29, 1.82) is 0 Å². The molecule has 6 rings (SSSR count). The maximum atomic E-state index is 11.2.